The summed E-state index contributed by atoms with van der Waals surface area (Å²) in [5, 5.41) is 0. The van der Waals surface area contributed by atoms with Gasteiger partial charge >= 0.3 is 9.28 Å². The topological polar surface area (TPSA) is 18.5 Å². The van der Waals surface area contributed by atoms with Crippen LogP contribution in [0.4, 0.5) is 0 Å². The van der Waals surface area contributed by atoms with Gasteiger partial charge in [0.15, 0.2) is 0 Å². The minimum Gasteiger partial charge on any atom is -0.397 e. The van der Waals surface area contributed by atoms with Gasteiger partial charge in [0.2, 0.25) is 0 Å². The molecule has 0 saturated heterocycles. The van der Waals surface area contributed by atoms with E-state index >= 15 is 0 Å². The van der Waals surface area contributed by atoms with E-state index in [0.29, 0.717) is 0 Å². The molecule has 4 heteroatoms. The second-order valence-electron chi connectivity index (χ2n) is 17.3. The Bertz CT molecular complexity index is 600. The molecule has 0 amide bonds. The predicted molar refractivity (Wildman–Crippen MR) is 238 cm³/mol. The SMILES string of the molecule is CCCCCCCCCCCCCCCCCCCC[N+](C)(CCCCCCCCCCCCCCCCCCCC)CCC[SiH](OCC)OCC. The van der Waals surface area contributed by atoms with Crippen LogP contribution < -0.4 is 0 Å². The molecule has 0 bridgehead atoms. The van der Waals surface area contributed by atoms with E-state index in [0.717, 1.165) is 13.2 Å². The van der Waals surface area contributed by atoms with Crippen molar-refractivity contribution >= 4 is 9.28 Å². The standard InChI is InChI=1S/C48H102NO2Si/c1-6-10-12-14-16-18-20-22-24-26-28-30-32-34-36-38-40-42-45-49(5,47-44-48-52(50-8-3)51-9-4)46-43-41-39-37-35-33-31-29-27-25-23-21-19-17-15-13-11-7-2/h52H,6-48H2,1-5H3/q+1. The van der Waals surface area contributed by atoms with Crippen LogP contribution in [0.1, 0.15) is 265 Å². The largest absolute Gasteiger partial charge is 0.397 e. The van der Waals surface area contributed by atoms with Crippen molar-refractivity contribution in [2.45, 2.75) is 271 Å². The van der Waals surface area contributed by atoms with E-state index in [1.807, 2.05) is 0 Å². The van der Waals surface area contributed by atoms with E-state index < -0.39 is 9.28 Å². The maximum absolute atomic E-state index is 6.01. The molecule has 0 radical (unpaired) electrons. The van der Waals surface area contributed by atoms with E-state index in [2.05, 4.69) is 34.7 Å². The van der Waals surface area contributed by atoms with Crippen molar-refractivity contribution in [3.63, 3.8) is 0 Å². The molecule has 0 heterocycles. The highest BCUT2D eigenvalue weighted by molar-refractivity contribution is 6.44. The van der Waals surface area contributed by atoms with Gasteiger partial charge in [-0.2, -0.15) is 0 Å². The fraction of sp³-hybridized carbons (Fsp3) is 1.00. The van der Waals surface area contributed by atoms with Crippen LogP contribution in [-0.2, 0) is 8.85 Å². The highest BCUT2D eigenvalue weighted by Gasteiger charge is 2.22. The first kappa shape index (κ1) is 52.1. The van der Waals surface area contributed by atoms with Gasteiger partial charge in [-0.1, -0.05) is 219 Å². The van der Waals surface area contributed by atoms with Crippen LogP contribution in [-0.4, -0.2) is 53.7 Å². The lowest BCUT2D eigenvalue weighted by molar-refractivity contribution is -0.910. The van der Waals surface area contributed by atoms with Gasteiger partial charge < -0.3 is 13.3 Å². The molecule has 0 aromatic rings. The van der Waals surface area contributed by atoms with Crippen LogP contribution in [0.15, 0.2) is 0 Å². The minimum absolute atomic E-state index is 0.807. The van der Waals surface area contributed by atoms with E-state index in [4.69, 9.17) is 8.85 Å². The Balaban J connectivity index is 4.00. The maximum atomic E-state index is 6.01. The van der Waals surface area contributed by atoms with Gasteiger partial charge in [0.25, 0.3) is 0 Å². The lowest BCUT2D eigenvalue weighted by Gasteiger charge is -2.35. The third-order valence-electron chi connectivity index (χ3n) is 11.9. The van der Waals surface area contributed by atoms with Gasteiger partial charge in [0.1, 0.15) is 0 Å². The summed E-state index contributed by atoms with van der Waals surface area (Å²) in [5.41, 5.74) is 0. The molecular weight excluding hydrogens is 651 g/mol. The van der Waals surface area contributed by atoms with Gasteiger partial charge in [-0.3, -0.25) is 0 Å². The molecule has 0 N–H and O–H groups in total. The molecule has 0 aliphatic carbocycles. The first-order chi connectivity index (χ1) is 25.6. The smallest absolute Gasteiger partial charge is 0.321 e. The Morgan fingerprint density at radius 1 is 0.288 bits per heavy atom. The molecular formula is C48H102NO2Si+. The van der Waals surface area contributed by atoms with Crippen LogP contribution in [0.5, 0.6) is 0 Å². The lowest BCUT2D eigenvalue weighted by Crippen LogP contribution is -2.46. The summed E-state index contributed by atoms with van der Waals surface area (Å²) in [5.74, 6) is 0. The zero-order chi connectivity index (χ0) is 37.9. The van der Waals surface area contributed by atoms with Crippen LogP contribution >= 0.6 is 0 Å². The van der Waals surface area contributed by atoms with Crippen LogP contribution in [0.25, 0.3) is 0 Å². The molecule has 0 aliphatic heterocycles. The predicted octanol–water partition coefficient (Wildman–Crippen LogP) is 16.2. The summed E-state index contributed by atoms with van der Waals surface area (Å²) < 4.78 is 13.3. The maximum Gasteiger partial charge on any atom is 0.321 e. The van der Waals surface area contributed by atoms with Crippen molar-refractivity contribution in [3.05, 3.63) is 0 Å². The van der Waals surface area contributed by atoms with Crippen molar-refractivity contribution < 1.29 is 13.3 Å². The van der Waals surface area contributed by atoms with Gasteiger partial charge in [0.05, 0.1) is 26.7 Å². The number of unbranched alkanes of at least 4 members (excludes halogenated alkanes) is 34. The van der Waals surface area contributed by atoms with Crippen LogP contribution in [0, 0.1) is 0 Å². The van der Waals surface area contributed by atoms with Crippen molar-refractivity contribution in [1.82, 2.24) is 0 Å². The molecule has 0 fully saturated rings. The summed E-state index contributed by atoms with van der Waals surface area (Å²) in [6, 6.07) is 1.17. The minimum atomic E-state index is -1.47. The van der Waals surface area contributed by atoms with Gasteiger partial charge in [-0.15, -0.1) is 0 Å². The van der Waals surface area contributed by atoms with Crippen LogP contribution in [0.3, 0.4) is 0 Å². The van der Waals surface area contributed by atoms with Crippen LogP contribution in [0.2, 0.25) is 6.04 Å². The molecule has 0 aliphatic rings. The molecule has 3 nitrogen and oxygen atoms in total. The van der Waals surface area contributed by atoms with Crippen molar-refractivity contribution in [3.8, 4) is 0 Å². The van der Waals surface area contributed by atoms with Crippen molar-refractivity contribution in [1.29, 1.82) is 0 Å². The summed E-state index contributed by atoms with van der Waals surface area (Å²) >= 11 is 0. The number of hydrogen-bond donors (Lipinski definition) is 0. The van der Waals surface area contributed by atoms with E-state index in [1.54, 1.807) is 0 Å². The molecule has 0 aromatic carbocycles. The first-order valence-corrected chi connectivity index (χ1v) is 26.4. The van der Waals surface area contributed by atoms with Crippen molar-refractivity contribution in [2.75, 3.05) is 39.9 Å². The fourth-order valence-corrected chi connectivity index (χ4v) is 10.0. The number of quaternary nitrogens is 1. The molecule has 52 heavy (non-hydrogen) atoms. The van der Waals surface area contributed by atoms with Gasteiger partial charge in [-0.05, 0) is 52.0 Å². The Morgan fingerprint density at radius 2 is 0.500 bits per heavy atom. The summed E-state index contributed by atoms with van der Waals surface area (Å²) in [4.78, 5) is 0. The third-order valence-corrected chi connectivity index (χ3v) is 14.2. The van der Waals surface area contributed by atoms with Gasteiger partial charge in [-0.25, -0.2) is 0 Å². The molecule has 0 unspecified atom stereocenters. The number of nitrogens with zero attached hydrogens (tertiary/aromatic N) is 1. The quantitative estimate of drug-likeness (QED) is 0.0350. The highest BCUT2D eigenvalue weighted by atomic mass is 28.3. The third kappa shape index (κ3) is 39.8. The summed E-state index contributed by atoms with van der Waals surface area (Å²) in [6.07, 6.45) is 53.7. The Kier molecular flexibility index (Phi) is 43.9. The molecule has 0 saturated carbocycles. The summed E-state index contributed by atoms with van der Waals surface area (Å²) in [7, 11) is 1.10. The summed E-state index contributed by atoms with van der Waals surface area (Å²) in [6.45, 7) is 14.5. The molecule has 0 spiro atoms. The average Bonchev–Trinajstić information content (AvgIpc) is 3.14. The second-order valence-corrected chi connectivity index (χ2v) is 19.4. The zero-order valence-corrected chi connectivity index (χ0v) is 38.4. The fourth-order valence-electron chi connectivity index (χ4n) is 8.35. The Labute approximate surface area is 332 Å². The normalized spacial score (nSPS) is 12.1. The lowest BCUT2D eigenvalue weighted by atomic mass is 10.0. The Hall–Kier alpha value is 0.0969. The highest BCUT2D eigenvalue weighted by Crippen LogP contribution is 2.19. The molecule has 314 valence electrons. The van der Waals surface area contributed by atoms with Gasteiger partial charge in [0, 0.05) is 13.2 Å². The van der Waals surface area contributed by atoms with E-state index in [1.165, 1.54) is 268 Å². The first-order valence-electron chi connectivity index (χ1n) is 24.7. The molecule has 0 rings (SSSR count). The second kappa shape index (κ2) is 43.8. The van der Waals surface area contributed by atoms with E-state index in [-0.39, 0.29) is 0 Å². The molecule has 0 aromatic heterocycles. The average molecular weight is 753 g/mol. The van der Waals surface area contributed by atoms with Crippen molar-refractivity contribution in [2.24, 2.45) is 0 Å². The number of hydrogen-bond acceptors (Lipinski definition) is 2. The Morgan fingerprint density at radius 3 is 0.731 bits per heavy atom. The number of rotatable bonds is 46. The zero-order valence-electron chi connectivity index (χ0n) is 37.2. The van der Waals surface area contributed by atoms with E-state index in [9.17, 15) is 0 Å². The molecule has 0 atom stereocenters. The monoisotopic (exact) mass is 753 g/mol.